The van der Waals surface area contributed by atoms with E-state index in [0.29, 0.717) is 22.5 Å². The summed E-state index contributed by atoms with van der Waals surface area (Å²) in [6, 6.07) is 16.9. The molecule has 3 amide bonds. The van der Waals surface area contributed by atoms with Crippen LogP contribution in [0.1, 0.15) is 18.5 Å². The van der Waals surface area contributed by atoms with Crippen LogP contribution in [0.25, 0.3) is 10.8 Å². The number of hydrogen-bond donors (Lipinski definition) is 4. The van der Waals surface area contributed by atoms with Crippen molar-refractivity contribution in [2.45, 2.75) is 13.0 Å². The molecule has 0 saturated carbocycles. The molecule has 0 saturated heterocycles. The Morgan fingerprint density at radius 3 is 2.55 bits per heavy atom. The van der Waals surface area contributed by atoms with Gasteiger partial charge in [-0.25, -0.2) is 4.79 Å². The molecular formula is C22H18BrN3O3. The van der Waals surface area contributed by atoms with Crippen molar-refractivity contribution in [2.75, 3.05) is 5.32 Å². The highest BCUT2D eigenvalue weighted by molar-refractivity contribution is 9.10. The van der Waals surface area contributed by atoms with Gasteiger partial charge in [0.25, 0.3) is 5.91 Å². The first kappa shape index (κ1) is 19.0. The first-order valence-corrected chi connectivity index (χ1v) is 9.79. The molecular weight excluding hydrogens is 434 g/mol. The lowest BCUT2D eigenvalue weighted by atomic mass is 9.90. The number of carbonyl (C=O) groups excluding carboxylic acids is 2. The molecule has 1 atom stereocenters. The lowest BCUT2D eigenvalue weighted by molar-refractivity contribution is -0.113. The van der Waals surface area contributed by atoms with Crippen molar-refractivity contribution in [3.8, 4) is 5.75 Å². The topological polar surface area (TPSA) is 90.5 Å². The molecule has 0 radical (unpaired) electrons. The van der Waals surface area contributed by atoms with Crippen LogP contribution in [-0.2, 0) is 4.79 Å². The first-order chi connectivity index (χ1) is 13.9. The zero-order chi connectivity index (χ0) is 20.5. The number of phenols is 1. The summed E-state index contributed by atoms with van der Waals surface area (Å²) in [5.74, 6) is -0.354. The summed E-state index contributed by atoms with van der Waals surface area (Å²) in [5.41, 5.74) is 1.87. The highest BCUT2D eigenvalue weighted by Gasteiger charge is 2.33. The van der Waals surface area contributed by atoms with Gasteiger partial charge < -0.3 is 21.1 Å². The molecule has 3 aromatic rings. The summed E-state index contributed by atoms with van der Waals surface area (Å²) in [5, 5.41) is 20.6. The average molecular weight is 452 g/mol. The first-order valence-electron chi connectivity index (χ1n) is 9.00. The third-order valence-corrected chi connectivity index (χ3v) is 5.38. The number of anilines is 1. The Morgan fingerprint density at radius 2 is 1.79 bits per heavy atom. The lowest BCUT2D eigenvalue weighted by Gasteiger charge is -2.30. The van der Waals surface area contributed by atoms with E-state index in [9.17, 15) is 14.7 Å². The molecule has 1 aliphatic rings. The summed E-state index contributed by atoms with van der Waals surface area (Å²) in [4.78, 5) is 25.3. The van der Waals surface area contributed by atoms with Crippen LogP contribution < -0.4 is 16.0 Å². The summed E-state index contributed by atoms with van der Waals surface area (Å²) in [7, 11) is 0. The summed E-state index contributed by atoms with van der Waals surface area (Å²) < 4.78 is 0.899. The maximum Gasteiger partial charge on any atom is 0.319 e. The fourth-order valence-electron chi connectivity index (χ4n) is 3.53. The molecule has 3 aromatic carbocycles. The van der Waals surface area contributed by atoms with E-state index in [1.165, 1.54) is 0 Å². The van der Waals surface area contributed by atoms with Gasteiger partial charge >= 0.3 is 6.03 Å². The number of urea groups is 1. The Hall–Kier alpha value is -3.32. The molecule has 4 N–H and O–H groups in total. The minimum atomic E-state index is -0.801. The molecule has 0 spiro atoms. The zero-order valence-corrected chi connectivity index (χ0v) is 17.1. The zero-order valence-electron chi connectivity index (χ0n) is 15.5. The molecule has 7 heteroatoms. The second kappa shape index (κ2) is 7.60. The Labute approximate surface area is 175 Å². The predicted molar refractivity (Wildman–Crippen MR) is 115 cm³/mol. The van der Waals surface area contributed by atoms with Gasteiger partial charge in [0.05, 0.1) is 11.6 Å². The van der Waals surface area contributed by atoms with Crippen LogP contribution in [0.2, 0.25) is 0 Å². The number of nitrogens with one attached hydrogen (secondary N) is 3. The van der Waals surface area contributed by atoms with Gasteiger partial charge in [0.15, 0.2) is 0 Å². The van der Waals surface area contributed by atoms with Crippen LogP contribution in [0.5, 0.6) is 5.75 Å². The van der Waals surface area contributed by atoms with Crippen molar-refractivity contribution >= 4 is 44.3 Å². The van der Waals surface area contributed by atoms with Gasteiger partial charge in [0.1, 0.15) is 5.75 Å². The minimum Gasteiger partial charge on any atom is -0.508 e. The number of rotatable bonds is 3. The van der Waals surface area contributed by atoms with Gasteiger partial charge in [-0.2, -0.15) is 0 Å². The highest BCUT2D eigenvalue weighted by atomic mass is 79.9. The minimum absolute atomic E-state index is 0.0117. The second-order valence-electron chi connectivity index (χ2n) is 6.75. The molecule has 6 nitrogen and oxygen atoms in total. The van der Waals surface area contributed by atoms with Crippen LogP contribution in [0.15, 0.2) is 76.4 Å². The normalized spacial score (nSPS) is 16.3. The van der Waals surface area contributed by atoms with Crippen molar-refractivity contribution in [3.05, 3.63) is 82.0 Å². The van der Waals surface area contributed by atoms with Gasteiger partial charge in [-0.1, -0.05) is 46.3 Å². The summed E-state index contributed by atoms with van der Waals surface area (Å²) in [6.07, 6.45) is 0. The Kier molecular flexibility index (Phi) is 4.98. The number of phenolic OH excluding ortho intramolecular Hbond substituents is 1. The molecule has 0 aliphatic carbocycles. The number of allylic oxidation sites excluding steroid dienone is 1. The SMILES string of the molecule is CC1=C(C(=O)Nc2ccc(Br)cc2)[C@@H](c2c(O)ccc3ccccc23)NC(=O)N1. The monoisotopic (exact) mass is 451 g/mol. The van der Waals surface area contributed by atoms with Crippen LogP contribution in [0.4, 0.5) is 10.5 Å². The Bertz CT molecular complexity index is 1160. The van der Waals surface area contributed by atoms with E-state index in [4.69, 9.17) is 0 Å². The summed E-state index contributed by atoms with van der Waals surface area (Å²) in [6.45, 7) is 1.67. The molecule has 1 heterocycles. The standard InChI is InChI=1S/C22H18BrN3O3/c1-12-18(21(28)25-15-9-7-14(23)8-10-15)20(26-22(29)24-12)19-16-5-3-2-4-13(16)6-11-17(19)27/h2-11,20,27H,1H3,(H,25,28)(H2,24,26,29)/t20-/m0/s1. The number of halogens is 1. The molecule has 4 rings (SSSR count). The van der Waals surface area contributed by atoms with Crippen LogP contribution >= 0.6 is 15.9 Å². The van der Waals surface area contributed by atoms with Gasteiger partial charge in [0.2, 0.25) is 0 Å². The van der Waals surface area contributed by atoms with Crippen LogP contribution in [-0.4, -0.2) is 17.0 Å². The lowest BCUT2D eigenvalue weighted by Crippen LogP contribution is -2.46. The fraction of sp³-hybridized carbons (Fsp3) is 0.0909. The second-order valence-corrected chi connectivity index (χ2v) is 7.67. The quantitative estimate of drug-likeness (QED) is 0.469. The Balaban J connectivity index is 1.80. The molecule has 0 bridgehead atoms. The van der Waals surface area contributed by atoms with E-state index < -0.39 is 12.1 Å². The number of hydrogen-bond acceptors (Lipinski definition) is 3. The van der Waals surface area contributed by atoms with Crippen LogP contribution in [0, 0.1) is 0 Å². The Morgan fingerprint density at radius 1 is 1.07 bits per heavy atom. The van der Waals surface area contributed by atoms with E-state index in [-0.39, 0.29) is 11.7 Å². The average Bonchev–Trinajstić information content (AvgIpc) is 2.69. The fourth-order valence-corrected chi connectivity index (χ4v) is 3.79. The van der Waals surface area contributed by atoms with E-state index in [1.54, 1.807) is 31.2 Å². The third kappa shape index (κ3) is 3.69. The smallest absolute Gasteiger partial charge is 0.319 e. The largest absolute Gasteiger partial charge is 0.508 e. The number of fused-ring (bicyclic) bond motifs is 1. The molecule has 29 heavy (non-hydrogen) atoms. The highest BCUT2D eigenvalue weighted by Crippen LogP contribution is 2.38. The van der Waals surface area contributed by atoms with Crippen molar-refractivity contribution < 1.29 is 14.7 Å². The maximum absolute atomic E-state index is 13.1. The van der Waals surface area contributed by atoms with Crippen molar-refractivity contribution in [1.82, 2.24) is 10.6 Å². The molecule has 0 fully saturated rings. The van der Waals surface area contributed by atoms with Crippen molar-refractivity contribution in [1.29, 1.82) is 0 Å². The molecule has 0 unspecified atom stereocenters. The van der Waals surface area contributed by atoms with Crippen LogP contribution in [0.3, 0.4) is 0 Å². The molecule has 1 aliphatic heterocycles. The number of carbonyl (C=O) groups is 2. The summed E-state index contributed by atoms with van der Waals surface area (Å²) >= 11 is 3.37. The van der Waals surface area contributed by atoms with Gasteiger partial charge in [-0.3, -0.25) is 4.79 Å². The van der Waals surface area contributed by atoms with Crippen molar-refractivity contribution in [2.24, 2.45) is 0 Å². The van der Waals surface area contributed by atoms with E-state index in [1.807, 2.05) is 36.4 Å². The van der Waals surface area contributed by atoms with E-state index >= 15 is 0 Å². The predicted octanol–water partition coefficient (Wildman–Crippen LogP) is 4.57. The molecule has 146 valence electrons. The van der Waals surface area contributed by atoms with Gasteiger partial charge in [0, 0.05) is 21.4 Å². The number of amides is 3. The number of benzene rings is 3. The number of aromatic hydroxyl groups is 1. The third-order valence-electron chi connectivity index (χ3n) is 4.85. The molecule has 0 aromatic heterocycles. The van der Waals surface area contributed by atoms with E-state index in [2.05, 4.69) is 31.9 Å². The maximum atomic E-state index is 13.1. The van der Waals surface area contributed by atoms with Gasteiger partial charge in [-0.05, 0) is 48.0 Å². The van der Waals surface area contributed by atoms with Gasteiger partial charge in [-0.15, -0.1) is 0 Å². The van der Waals surface area contributed by atoms with E-state index in [0.717, 1.165) is 15.2 Å². The van der Waals surface area contributed by atoms with Crippen molar-refractivity contribution in [3.63, 3.8) is 0 Å².